The van der Waals surface area contributed by atoms with Crippen LogP contribution in [0.15, 0.2) is 22.7 Å². The molecular weight excluding hydrogens is 280 g/mol. The van der Waals surface area contributed by atoms with Crippen molar-refractivity contribution in [3.63, 3.8) is 0 Å². The van der Waals surface area contributed by atoms with Crippen molar-refractivity contribution in [2.45, 2.75) is 13.5 Å². The molecule has 0 atom stereocenters. The lowest BCUT2D eigenvalue weighted by atomic mass is 10.2. The van der Waals surface area contributed by atoms with Crippen molar-refractivity contribution in [2.75, 3.05) is 0 Å². The number of hydrogen-bond acceptors (Lipinski definition) is 4. The van der Waals surface area contributed by atoms with Crippen LogP contribution in [-0.2, 0) is 11.3 Å². The number of ether oxygens (including phenoxy) is 1. The molecule has 1 aromatic heterocycles. The van der Waals surface area contributed by atoms with Gasteiger partial charge in [0, 0.05) is 0 Å². The highest BCUT2D eigenvalue weighted by Crippen LogP contribution is 2.21. The van der Waals surface area contributed by atoms with Crippen LogP contribution in [0, 0.1) is 18.6 Å². The quantitative estimate of drug-likeness (QED) is 0.642. The van der Waals surface area contributed by atoms with E-state index in [2.05, 4.69) is 4.98 Å². The van der Waals surface area contributed by atoms with Gasteiger partial charge in [-0.25, -0.2) is 18.6 Å². The first-order chi connectivity index (χ1) is 8.97. The van der Waals surface area contributed by atoms with Gasteiger partial charge in [0.05, 0.1) is 16.8 Å². The number of carbonyl (C=O) groups is 1. The van der Waals surface area contributed by atoms with E-state index in [0.717, 1.165) is 0 Å². The summed E-state index contributed by atoms with van der Waals surface area (Å²) >= 11 is 5.64. The van der Waals surface area contributed by atoms with E-state index in [-0.39, 0.29) is 23.1 Å². The van der Waals surface area contributed by atoms with Crippen LogP contribution in [0.1, 0.15) is 22.0 Å². The van der Waals surface area contributed by atoms with Crippen molar-refractivity contribution in [3.05, 3.63) is 52.2 Å². The largest absolute Gasteiger partial charge is 0.452 e. The second kappa shape index (κ2) is 5.36. The Balaban J connectivity index is 2.10. The molecule has 2 rings (SSSR count). The molecule has 0 aliphatic heterocycles. The van der Waals surface area contributed by atoms with Gasteiger partial charge in [-0.05, 0) is 19.1 Å². The third kappa shape index (κ3) is 3.08. The first-order valence-corrected chi connectivity index (χ1v) is 5.58. The molecule has 0 aliphatic carbocycles. The predicted octanol–water partition coefficient (Wildman–Crippen LogP) is 3.27. The maximum atomic E-state index is 13.0. The number of carbonyl (C=O) groups excluding carboxylic acids is 1. The molecular formula is C12H8ClF2NO3. The second-order valence-corrected chi connectivity index (χ2v) is 4.09. The molecule has 1 aromatic carbocycles. The summed E-state index contributed by atoms with van der Waals surface area (Å²) in [6.07, 6.45) is 1.47. The number of oxazole rings is 1. The van der Waals surface area contributed by atoms with Gasteiger partial charge in [0.15, 0.2) is 18.2 Å². The summed E-state index contributed by atoms with van der Waals surface area (Å²) in [5.41, 5.74) is -0.260. The van der Waals surface area contributed by atoms with Gasteiger partial charge < -0.3 is 9.15 Å². The Hall–Kier alpha value is -1.95. The fourth-order valence-corrected chi connectivity index (χ4v) is 1.58. The van der Waals surface area contributed by atoms with Crippen molar-refractivity contribution in [1.82, 2.24) is 4.98 Å². The van der Waals surface area contributed by atoms with E-state index in [1.807, 2.05) is 0 Å². The number of esters is 1. The average molecular weight is 288 g/mol. The zero-order valence-corrected chi connectivity index (χ0v) is 10.5. The fourth-order valence-electron chi connectivity index (χ4n) is 1.35. The Kier molecular flexibility index (Phi) is 3.80. The number of aryl methyl sites for hydroxylation is 1. The summed E-state index contributed by atoms with van der Waals surface area (Å²) < 4.78 is 35.8. The lowest BCUT2D eigenvalue weighted by molar-refractivity contribution is 0.0436. The van der Waals surface area contributed by atoms with Crippen molar-refractivity contribution in [2.24, 2.45) is 0 Å². The molecule has 0 bridgehead atoms. The number of nitrogens with zero attached hydrogens (tertiary/aromatic N) is 1. The lowest BCUT2D eigenvalue weighted by Gasteiger charge is -2.05. The summed E-state index contributed by atoms with van der Waals surface area (Å²) in [6, 6.07) is 1.39. The van der Waals surface area contributed by atoms with Gasteiger partial charge in [0.1, 0.15) is 5.76 Å². The van der Waals surface area contributed by atoms with Crippen molar-refractivity contribution in [3.8, 4) is 0 Å². The van der Waals surface area contributed by atoms with E-state index < -0.39 is 17.6 Å². The zero-order chi connectivity index (χ0) is 14.0. The van der Waals surface area contributed by atoms with Gasteiger partial charge in [-0.3, -0.25) is 0 Å². The Morgan fingerprint density at radius 1 is 1.42 bits per heavy atom. The average Bonchev–Trinajstić information content (AvgIpc) is 2.77. The fraction of sp³-hybridized carbons (Fsp3) is 0.167. The molecule has 2 aromatic rings. The van der Waals surface area contributed by atoms with E-state index in [1.54, 1.807) is 6.92 Å². The first-order valence-electron chi connectivity index (χ1n) is 5.20. The van der Waals surface area contributed by atoms with Crippen LogP contribution < -0.4 is 0 Å². The van der Waals surface area contributed by atoms with Gasteiger partial charge in [0.25, 0.3) is 0 Å². The molecule has 4 nitrogen and oxygen atoms in total. The summed E-state index contributed by atoms with van der Waals surface area (Å²) in [5.74, 6) is -2.44. The molecule has 0 unspecified atom stereocenters. The molecule has 7 heteroatoms. The number of rotatable bonds is 3. The van der Waals surface area contributed by atoms with Crippen LogP contribution in [0.2, 0.25) is 5.02 Å². The predicted molar refractivity (Wildman–Crippen MR) is 61.7 cm³/mol. The van der Waals surface area contributed by atoms with Gasteiger partial charge >= 0.3 is 5.97 Å². The van der Waals surface area contributed by atoms with Crippen LogP contribution >= 0.6 is 11.6 Å². The van der Waals surface area contributed by atoms with E-state index in [9.17, 15) is 13.6 Å². The van der Waals surface area contributed by atoms with E-state index in [0.29, 0.717) is 17.9 Å². The van der Waals surface area contributed by atoms with Crippen LogP contribution in [0.5, 0.6) is 0 Å². The number of benzene rings is 1. The molecule has 0 fully saturated rings. The van der Waals surface area contributed by atoms with Crippen LogP contribution in [0.25, 0.3) is 0 Å². The van der Waals surface area contributed by atoms with E-state index in [4.69, 9.17) is 20.8 Å². The Bertz CT molecular complexity index is 627. The third-order valence-electron chi connectivity index (χ3n) is 2.23. The Morgan fingerprint density at radius 2 is 2.11 bits per heavy atom. The summed E-state index contributed by atoms with van der Waals surface area (Å²) in [6.45, 7) is 1.46. The van der Waals surface area contributed by atoms with Crippen LogP contribution in [0.4, 0.5) is 8.78 Å². The van der Waals surface area contributed by atoms with Crippen LogP contribution in [-0.4, -0.2) is 11.0 Å². The summed E-state index contributed by atoms with van der Waals surface area (Å²) in [7, 11) is 0. The Labute approximate surface area is 112 Å². The molecule has 0 saturated carbocycles. The molecule has 0 N–H and O–H groups in total. The normalized spacial score (nSPS) is 10.5. The highest BCUT2D eigenvalue weighted by atomic mass is 35.5. The van der Waals surface area contributed by atoms with E-state index in [1.165, 1.54) is 6.20 Å². The molecule has 0 spiro atoms. The molecule has 100 valence electrons. The number of halogens is 3. The first kappa shape index (κ1) is 13.5. The molecule has 0 radical (unpaired) electrons. The summed E-state index contributed by atoms with van der Waals surface area (Å²) in [4.78, 5) is 15.5. The highest BCUT2D eigenvalue weighted by molar-refractivity contribution is 6.33. The second-order valence-electron chi connectivity index (χ2n) is 3.69. The van der Waals surface area contributed by atoms with Crippen molar-refractivity contribution >= 4 is 17.6 Å². The minimum Gasteiger partial charge on any atom is -0.452 e. The lowest BCUT2D eigenvalue weighted by Crippen LogP contribution is -2.07. The van der Waals surface area contributed by atoms with Crippen molar-refractivity contribution < 1.29 is 22.7 Å². The SMILES string of the molecule is Cc1cnc(COC(=O)c2cc(F)c(F)cc2Cl)o1. The van der Waals surface area contributed by atoms with E-state index >= 15 is 0 Å². The molecule has 1 heterocycles. The highest BCUT2D eigenvalue weighted by Gasteiger charge is 2.17. The standard InChI is InChI=1S/C12H8ClF2NO3/c1-6-4-16-11(19-6)5-18-12(17)7-2-9(14)10(15)3-8(7)13/h2-4H,5H2,1H3. The summed E-state index contributed by atoms with van der Waals surface area (Å²) in [5, 5.41) is -0.229. The van der Waals surface area contributed by atoms with Crippen LogP contribution in [0.3, 0.4) is 0 Å². The topological polar surface area (TPSA) is 52.3 Å². The van der Waals surface area contributed by atoms with Crippen molar-refractivity contribution in [1.29, 1.82) is 0 Å². The monoisotopic (exact) mass is 287 g/mol. The van der Waals surface area contributed by atoms with Gasteiger partial charge in [0.2, 0.25) is 5.89 Å². The molecule has 0 saturated heterocycles. The minimum atomic E-state index is -1.18. The molecule has 19 heavy (non-hydrogen) atoms. The number of hydrogen-bond donors (Lipinski definition) is 0. The van der Waals surface area contributed by atoms with Gasteiger partial charge in [-0.15, -0.1) is 0 Å². The number of aromatic nitrogens is 1. The maximum absolute atomic E-state index is 13.0. The zero-order valence-electron chi connectivity index (χ0n) is 9.75. The smallest absolute Gasteiger partial charge is 0.340 e. The molecule has 0 aliphatic rings. The minimum absolute atomic E-state index is 0.199. The Morgan fingerprint density at radius 3 is 2.74 bits per heavy atom. The van der Waals surface area contributed by atoms with Gasteiger partial charge in [-0.2, -0.15) is 0 Å². The maximum Gasteiger partial charge on any atom is 0.340 e. The third-order valence-corrected chi connectivity index (χ3v) is 2.54. The molecule has 0 amide bonds. The van der Waals surface area contributed by atoms with Gasteiger partial charge in [-0.1, -0.05) is 11.6 Å².